The average Bonchev–Trinajstić information content (AvgIpc) is 2.66. The van der Waals surface area contributed by atoms with Gasteiger partial charge >= 0.3 is 0 Å². The van der Waals surface area contributed by atoms with Crippen LogP contribution in [-0.2, 0) is 6.42 Å². The van der Waals surface area contributed by atoms with Gasteiger partial charge < -0.3 is 25.4 Å². The highest BCUT2D eigenvalue weighted by molar-refractivity contribution is 5.41. The molecule has 0 radical (unpaired) electrons. The van der Waals surface area contributed by atoms with Gasteiger partial charge in [0.15, 0.2) is 11.5 Å². The number of hydrogen-bond acceptors (Lipinski definition) is 5. The Hall–Kier alpha value is -1.30. The van der Waals surface area contributed by atoms with E-state index in [9.17, 15) is 15.3 Å². The van der Waals surface area contributed by atoms with Gasteiger partial charge in [0.2, 0.25) is 0 Å². The Balaban J connectivity index is 2.52. The van der Waals surface area contributed by atoms with E-state index in [1.165, 1.54) is 25.7 Å². The number of phenolic OH excluding ortho intramolecular Hbond substituents is 1. The second-order valence-corrected chi connectivity index (χ2v) is 7.58. The Labute approximate surface area is 164 Å². The third-order valence-corrected chi connectivity index (χ3v) is 5.02. The monoisotopic (exact) mass is 381 g/mol. The number of aliphatic hydroxyl groups is 2. The summed E-state index contributed by atoms with van der Waals surface area (Å²) in [6, 6.07) is 5.54. The summed E-state index contributed by atoms with van der Waals surface area (Å²) in [6.07, 6.45) is 8.87. The Bertz CT molecular complexity index is 509. The molecule has 0 saturated carbocycles. The van der Waals surface area contributed by atoms with E-state index in [2.05, 4.69) is 12.2 Å². The molecule has 0 spiro atoms. The molecule has 156 valence electrons. The Morgan fingerprint density at radius 2 is 1.85 bits per heavy atom. The fourth-order valence-electron chi connectivity index (χ4n) is 3.37. The van der Waals surface area contributed by atoms with E-state index in [1.54, 1.807) is 13.2 Å². The van der Waals surface area contributed by atoms with Crippen LogP contribution in [0.25, 0.3) is 0 Å². The smallest absolute Gasteiger partial charge is 0.160 e. The van der Waals surface area contributed by atoms with Crippen LogP contribution in [0.5, 0.6) is 11.5 Å². The third kappa shape index (κ3) is 9.99. The molecule has 0 aliphatic rings. The predicted molar refractivity (Wildman–Crippen MR) is 110 cm³/mol. The summed E-state index contributed by atoms with van der Waals surface area (Å²) >= 11 is 0. The summed E-state index contributed by atoms with van der Waals surface area (Å²) in [5, 5.41) is 32.9. The van der Waals surface area contributed by atoms with Crippen LogP contribution in [0.3, 0.4) is 0 Å². The lowest BCUT2D eigenvalue weighted by atomic mass is 9.97. The van der Waals surface area contributed by atoms with Crippen molar-refractivity contribution in [3.05, 3.63) is 23.8 Å². The van der Waals surface area contributed by atoms with Crippen LogP contribution in [0.4, 0.5) is 0 Å². The zero-order valence-corrected chi connectivity index (χ0v) is 17.3. The first-order valence-corrected chi connectivity index (χ1v) is 10.4. The van der Waals surface area contributed by atoms with Crippen LogP contribution < -0.4 is 10.1 Å². The van der Waals surface area contributed by atoms with E-state index in [-0.39, 0.29) is 30.5 Å². The lowest BCUT2D eigenvalue weighted by Crippen LogP contribution is -2.41. The molecule has 0 amide bonds. The van der Waals surface area contributed by atoms with Crippen LogP contribution in [0.15, 0.2) is 18.2 Å². The predicted octanol–water partition coefficient (Wildman–Crippen LogP) is 3.78. The standard InChI is InChI=1S/C22H39NO4/c1-4-5-6-7-8-9-20(25)15-19(23-17(2)16-24)12-10-18-11-13-21(26)22(14-18)27-3/h11,13-14,17,19-20,23-26H,4-10,12,15-16H2,1-3H3. The van der Waals surface area contributed by atoms with Gasteiger partial charge in [0.1, 0.15) is 0 Å². The van der Waals surface area contributed by atoms with Crippen LogP contribution in [0.2, 0.25) is 0 Å². The molecule has 0 bridgehead atoms. The fraction of sp³-hybridized carbons (Fsp3) is 0.727. The van der Waals surface area contributed by atoms with Crippen LogP contribution in [-0.4, -0.2) is 47.2 Å². The van der Waals surface area contributed by atoms with Crippen molar-refractivity contribution in [2.45, 2.75) is 89.8 Å². The molecule has 0 aliphatic carbocycles. The largest absolute Gasteiger partial charge is 0.504 e. The Morgan fingerprint density at radius 3 is 2.52 bits per heavy atom. The average molecular weight is 382 g/mol. The highest BCUT2D eigenvalue weighted by Gasteiger charge is 2.17. The molecule has 0 heterocycles. The first kappa shape index (κ1) is 23.7. The minimum absolute atomic E-state index is 0.00103. The number of benzene rings is 1. The van der Waals surface area contributed by atoms with E-state index >= 15 is 0 Å². The summed E-state index contributed by atoms with van der Waals surface area (Å²) in [4.78, 5) is 0. The third-order valence-electron chi connectivity index (χ3n) is 5.02. The topological polar surface area (TPSA) is 82.0 Å². The molecular formula is C22H39NO4. The van der Waals surface area contributed by atoms with Crippen molar-refractivity contribution in [3.8, 4) is 11.5 Å². The molecule has 0 saturated heterocycles. The van der Waals surface area contributed by atoms with Crippen molar-refractivity contribution in [1.29, 1.82) is 0 Å². The van der Waals surface area contributed by atoms with Gasteiger partial charge in [0.25, 0.3) is 0 Å². The minimum Gasteiger partial charge on any atom is -0.504 e. The Morgan fingerprint density at radius 1 is 1.11 bits per heavy atom. The molecule has 5 heteroatoms. The van der Waals surface area contributed by atoms with Gasteiger partial charge in [-0.3, -0.25) is 0 Å². The zero-order chi connectivity index (χ0) is 20.1. The van der Waals surface area contributed by atoms with Crippen LogP contribution in [0, 0.1) is 0 Å². The quantitative estimate of drug-likeness (QED) is 0.348. The second-order valence-electron chi connectivity index (χ2n) is 7.58. The number of rotatable bonds is 15. The number of aromatic hydroxyl groups is 1. The molecule has 1 aromatic carbocycles. The van der Waals surface area contributed by atoms with E-state index in [1.807, 2.05) is 19.1 Å². The van der Waals surface area contributed by atoms with E-state index in [4.69, 9.17) is 4.74 Å². The maximum atomic E-state index is 10.4. The van der Waals surface area contributed by atoms with Gasteiger partial charge in [0, 0.05) is 12.1 Å². The van der Waals surface area contributed by atoms with Gasteiger partial charge in [-0.05, 0) is 50.3 Å². The van der Waals surface area contributed by atoms with Crippen molar-refractivity contribution < 1.29 is 20.1 Å². The van der Waals surface area contributed by atoms with Gasteiger partial charge in [0.05, 0.1) is 19.8 Å². The number of ether oxygens (including phenoxy) is 1. The number of methoxy groups -OCH3 is 1. The molecule has 5 nitrogen and oxygen atoms in total. The number of hydrogen-bond donors (Lipinski definition) is 4. The molecule has 1 rings (SSSR count). The van der Waals surface area contributed by atoms with Gasteiger partial charge in [-0.15, -0.1) is 0 Å². The summed E-state index contributed by atoms with van der Waals surface area (Å²) in [5.74, 6) is 0.621. The summed E-state index contributed by atoms with van der Waals surface area (Å²) in [6.45, 7) is 4.24. The fourth-order valence-corrected chi connectivity index (χ4v) is 3.37. The number of unbranched alkanes of at least 4 members (excludes halogenated alkanes) is 4. The molecule has 1 aromatic rings. The lowest BCUT2D eigenvalue weighted by molar-refractivity contribution is 0.128. The van der Waals surface area contributed by atoms with Crippen molar-refractivity contribution in [3.63, 3.8) is 0 Å². The SMILES string of the molecule is CCCCCCCC(O)CC(CCc1ccc(O)c(OC)c1)NC(C)CO. The second kappa shape index (κ2) is 13.8. The molecule has 27 heavy (non-hydrogen) atoms. The van der Waals surface area contributed by atoms with Crippen molar-refractivity contribution in [1.82, 2.24) is 5.32 Å². The molecular weight excluding hydrogens is 342 g/mol. The first-order valence-electron chi connectivity index (χ1n) is 10.4. The van der Waals surface area contributed by atoms with Gasteiger partial charge in [-0.25, -0.2) is 0 Å². The minimum atomic E-state index is -0.315. The zero-order valence-electron chi connectivity index (χ0n) is 17.3. The van der Waals surface area contributed by atoms with E-state index in [0.717, 1.165) is 31.2 Å². The van der Waals surface area contributed by atoms with Crippen molar-refractivity contribution >= 4 is 0 Å². The summed E-state index contributed by atoms with van der Waals surface area (Å²) in [5.41, 5.74) is 1.09. The first-order chi connectivity index (χ1) is 13.0. The molecule has 4 N–H and O–H groups in total. The van der Waals surface area contributed by atoms with E-state index < -0.39 is 0 Å². The number of phenols is 1. The van der Waals surface area contributed by atoms with Crippen molar-refractivity contribution in [2.75, 3.05) is 13.7 Å². The maximum absolute atomic E-state index is 10.4. The van der Waals surface area contributed by atoms with E-state index in [0.29, 0.717) is 12.2 Å². The summed E-state index contributed by atoms with van der Waals surface area (Å²) < 4.78 is 5.17. The van der Waals surface area contributed by atoms with Crippen LogP contribution >= 0.6 is 0 Å². The number of aryl methyl sites for hydroxylation is 1. The number of nitrogens with one attached hydrogen (secondary N) is 1. The summed E-state index contributed by atoms with van der Waals surface area (Å²) in [7, 11) is 1.54. The highest BCUT2D eigenvalue weighted by Crippen LogP contribution is 2.27. The molecule has 0 fully saturated rings. The van der Waals surface area contributed by atoms with Gasteiger partial charge in [-0.1, -0.05) is 45.1 Å². The maximum Gasteiger partial charge on any atom is 0.160 e. The van der Waals surface area contributed by atoms with Gasteiger partial charge in [-0.2, -0.15) is 0 Å². The molecule has 3 atom stereocenters. The number of aliphatic hydroxyl groups excluding tert-OH is 2. The molecule has 0 aromatic heterocycles. The van der Waals surface area contributed by atoms with Crippen molar-refractivity contribution in [2.24, 2.45) is 0 Å². The molecule has 0 aliphatic heterocycles. The lowest BCUT2D eigenvalue weighted by Gasteiger charge is -2.25. The normalized spacial score (nSPS) is 14.7. The highest BCUT2D eigenvalue weighted by atomic mass is 16.5. The molecule has 3 unspecified atom stereocenters. The Kier molecular flexibility index (Phi) is 12.1. The van der Waals surface area contributed by atoms with Crippen LogP contribution in [0.1, 0.15) is 70.8 Å².